The number of halogens is 7. The maximum absolute atomic E-state index is 12.7. The fraction of sp³-hybridized carbons (Fsp3) is 0.600. The van der Waals surface area contributed by atoms with E-state index in [1.54, 1.807) is 24.5 Å². The van der Waals surface area contributed by atoms with Gasteiger partial charge < -0.3 is 14.0 Å². The number of carbonyl (C=O) groups is 1. The average molecular weight is 499 g/mol. The van der Waals surface area contributed by atoms with Crippen LogP contribution in [-0.2, 0) is 11.3 Å². The number of ether oxygens (including phenoxy) is 1. The Morgan fingerprint density at radius 3 is 2.39 bits per heavy atom. The summed E-state index contributed by atoms with van der Waals surface area (Å²) in [5.74, 6) is 0. The molecule has 0 aliphatic carbocycles. The van der Waals surface area contributed by atoms with E-state index in [4.69, 9.17) is 11.6 Å². The van der Waals surface area contributed by atoms with Crippen LogP contribution in [0.3, 0.4) is 0 Å². The highest BCUT2D eigenvalue weighted by Crippen LogP contribution is 2.40. The minimum absolute atomic E-state index is 0.0107. The number of hydrogen-bond donors (Lipinski definition) is 0. The van der Waals surface area contributed by atoms with Crippen molar-refractivity contribution < 1.29 is 35.9 Å². The zero-order valence-electron chi connectivity index (χ0n) is 17.3. The van der Waals surface area contributed by atoms with Gasteiger partial charge in [-0.05, 0) is 44.4 Å². The molecule has 4 heterocycles. The number of alkyl halides is 6. The molecule has 0 bridgehead atoms. The minimum atomic E-state index is -5.73. The Balaban J connectivity index is 1.42. The van der Waals surface area contributed by atoms with Crippen molar-refractivity contribution in [1.82, 2.24) is 19.2 Å². The van der Waals surface area contributed by atoms with Crippen LogP contribution >= 0.6 is 11.6 Å². The van der Waals surface area contributed by atoms with Gasteiger partial charge in [0, 0.05) is 31.4 Å². The fourth-order valence-corrected chi connectivity index (χ4v) is 4.89. The van der Waals surface area contributed by atoms with E-state index in [-0.39, 0.29) is 18.6 Å². The van der Waals surface area contributed by atoms with Gasteiger partial charge in [-0.25, -0.2) is 9.78 Å². The van der Waals surface area contributed by atoms with Gasteiger partial charge in [-0.3, -0.25) is 4.90 Å². The lowest BCUT2D eigenvalue weighted by Crippen LogP contribution is -2.54. The number of nitrogens with zero attached hydrogens (tertiary/aromatic N) is 4. The largest absolute Gasteiger partial charge is 0.434 e. The molecule has 2 aromatic rings. The van der Waals surface area contributed by atoms with Gasteiger partial charge in [0.15, 0.2) is 0 Å². The predicted octanol–water partition coefficient (Wildman–Crippen LogP) is 5.05. The van der Waals surface area contributed by atoms with Crippen molar-refractivity contribution in [3.05, 3.63) is 35.2 Å². The van der Waals surface area contributed by atoms with E-state index in [1.807, 2.05) is 4.40 Å². The molecule has 0 N–H and O–H groups in total. The fourth-order valence-electron chi connectivity index (χ4n) is 4.72. The van der Waals surface area contributed by atoms with E-state index in [9.17, 15) is 31.1 Å². The second-order valence-electron chi connectivity index (χ2n) is 8.41. The summed E-state index contributed by atoms with van der Waals surface area (Å²) < 4.78 is 82.0. The molecular weight excluding hydrogens is 478 g/mol. The van der Waals surface area contributed by atoms with E-state index in [0.29, 0.717) is 24.4 Å². The summed E-state index contributed by atoms with van der Waals surface area (Å²) in [7, 11) is 0. The normalized spacial score (nSPS) is 19.7. The summed E-state index contributed by atoms with van der Waals surface area (Å²) in [6.07, 6.45) is -11.1. The molecule has 2 saturated heterocycles. The molecule has 4 rings (SSSR count). The lowest BCUT2D eigenvalue weighted by molar-refractivity contribution is -0.308. The number of piperidine rings is 1. The molecule has 1 amide bonds. The van der Waals surface area contributed by atoms with Crippen LogP contribution in [0.25, 0.3) is 5.65 Å². The smallest absolute Gasteiger partial charge is 0.426 e. The van der Waals surface area contributed by atoms with Crippen molar-refractivity contribution in [3.63, 3.8) is 0 Å². The molecule has 1 spiro atoms. The third-order valence-corrected chi connectivity index (χ3v) is 6.63. The Bertz CT molecular complexity index is 1000. The first-order valence-corrected chi connectivity index (χ1v) is 10.7. The average Bonchev–Trinajstić information content (AvgIpc) is 3.29. The van der Waals surface area contributed by atoms with Crippen LogP contribution in [0, 0.1) is 0 Å². The van der Waals surface area contributed by atoms with Gasteiger partial charge in [0.1, 0.15) is 5.65 Å². The molecule has 182 valence electrons. The molecule has 0 aromatic carbocycles. The van der Waals surface area contributed by atoms with Crippen molar-refractivity contribution in [2.75, 3.05) is 19.6 Å². The Labute approximate surface area is 190 Å². The molecule has 13 heteroatoms. The van der Waals surface area contributed by atoms with E-state index < -0.39 is 24.5 Å². The number of fused-ring (bicyclic) bond motifs is 1. The highest BCUT2D eigenvalue weighted by atomic mass is 35.5. The van der Waals surface area contributed by atoms with Gasteiger partial charge in [0.25, 0.3) is 6.10 Å². The summed E-state index contributed by atoms with van der Waals surface area (Å²) in [5.41, 5.74) is 1.35. The Morgan fingerprint density at radius 2 is 1.76 bits per heavy atom. The minimum Gasteiger partial charge on any atom is -0.426 e. The van der Waals surface area contributed by atoms with Gasteiger partial charge in [-0.15, -0.1) is 0 Å². The van der Waals surface area contributed by atoms with Gasteiger partial charge in [0.2, 0.25) is 0 Å². The molecule has 0 saturated carbocycles. The lowest BCUT2D eigenvalue weighted by Gasteiger charge is -2.45. The highest BCUT2D eigenvalue weighted by molar-refractivity contribution is 6.30. The third-order valence-electron chi connectivity index (χ3n) is 6.41. The van der Waals surface area contributed by atoms with Crippen LogP contribution in [0.4, 0.5) is 31.1 Å². The second-order valence-corrected chi connectivity index (χ2v) is 8.85. The van der Waals surface area contributed by atoms with Crippen LogP contribution in [0.5, 0.6) is 0 Å². The molecule has 2 aromatic heterocycles. The van der Waals surface area contributed by atoms with Crippen LogP contribution in [0.1, 0.15) is 31.4 Å². The van der Waals surface area contributed by atoms with Crippen molar-refractivity contribution in [2.24, 2.45) is 0 Å². The SMILES string of the molecule is O=C(OC(C(F)(F)F)C(F)(F)F)N1CCC2(CCCN2Cc2cnc3ccc(Cl)cn23)CC1. The number of carbonyl (C=O) groups excluding carboxylic acids is 1. The number of imidazole rings is 1. The Hall–Kier alpha value is -2.21. The van der Waals surface area contributed by atoms with E-state index in [1.165, 1.54) is 0 Å². The van der Waals surface area contributed by atoms with Crippen LogP contribution in [0.2, 0.25) is 5.02 Å². The molecule has 2 fully saturated rings. The van der Waals surface area contributed by atoms with Gasteiger partial charge in [-0.1, -0.05) is 11.6 Å². The Morgan fingerprint density at radius 1 is 1.09 bits per heavy atom. The van der Waals surface area contributed by atoms with Crippen molar-refractivity contribution in [3.8, 4) is 0 Å². The number of rotatable bonds is 3. The zero-order chi connectivity index (χ0) is 24.0. The molecule has 6 nitrogen and oxygen atoms in total. The molecular formula is C20H21ClF6N4O2. The number of amides is 1. The van der Waals surface area contributed by atoms with Gasteiger partial charge >= 0.3 is 18.4 Å². The first-order chi connectivity index (χ1) is 15.4. The molecule has 2 aliphatic rings. The number of pyridine rings is 1. The monoisotopic (exact) mass is 498 g/mol. The molecule has 0 radical (unpaired) electrons. The van der Waals surface area contributed by atoms with Crippen molar-refractivity contribution in [2.45, 2.75) is 56.2 Å². The van der Waals surface area contributed by atoms with Crippen LogP contribution < -0.4 is 0 Å². The van der Waals surface area contributed by atoms with Crippen LogP contribution in [-0.4, -0.2) is 68.9 Å². The van der Waals surface area contributed by atoms with E-state index in [2.05, 4.69) is 14.6 Å². The summed E-state index contributed by atoms with van der Waals surface area (Å²) in [5, 5.41) is 0.556. The summed E-state index contributed by atoms with van der Waals surface area (Å²) >= 11 is 6.09. The number of hydrogen-bond acceptors (Lipinski definition) is 4. The maximum Gasteiger partial charge on any atom is 0.434 e. The third kappa shape index (κ3) is 4.86. The Kier molecular flexibility index (Phi) is 6.19. The molecule has 33 heavy (non-hydrogen) atoms. The first-order valence-electron chi connectivity index (χ1n) is 10.3. The lowest BCUT2D eigenvalue weighted by atomic mass is 9.85. The van der Waals surface area contributed by atoms with Gasteiger partial charge in [-0.2, -0.15) is 26.3 Å². The number of aromatic nitrogens is 2. The maximum atomic E-state index is 12.7. The molecule has 0 unspecified atom stereocenters. The van der Waals surface area contributed by atoms with E-state index in [0.717, 1.165) is 35.6 Å². The van der Waals surface area contributed by atoms with Crippen molar-refractivity contribution in [1.29, 1.82) is 0 Å². The summed E-state index contributed by atoms with van der Waals surface area (Å²) in [6.45, 7) is 1.35. The van der Waals surface area contributed by atoms with Gasteiger partial charge in [0.05, 0.1) is 16.9 Å². The second kappa shape index (κ2) is 8.53. The standard InChI is InChI=1S/C20H21ClF6N4O2/c21-13-2-3-15-28-10-14(31(15)11-13)12-30-7-1-4-18(30)5-8-29(9-6-18)17(32)33-16(19(22,23)24)20(25,26)27/h2-3,10-11,16H,1,4-9,12H2. The quantitative estimate of drug-likeness (QED) is 0.556. The molecule has 0 atom stereocenters. The molecule has 2 aliphatic heterocycles. The summed E-state index contributed by atoms with van der Waals surface area (Å²) in [6, 6.07) is 3.53. The highest BCUT2D eigenvalue weighted by Gasteiger charge is 2.60. The zero-order valence-corrected chi connectivity index (χ0v) is 18.1. The number of likely N-dealkylation sites (tertiary alicyclic amines) is 2. The predicted molar refractivity (Wildman–Crippen MR) is 106 cm³/mol. The first kappa shape index (κ1) is 23.9. The van der Waals surface area contributed by atoms with Crippen LogP contribution in [0.15, 0.2) is 24.5 Å². The van der Waals surface area contributed by atoms with Crippen molar-refractivity contribution >= 4 is 23.3 Å². The summed E-state index contributed by atoms with van der Waals surface area (Å²) in [4.78, 5) is 19.6. The topological polar surface area (TPSA) is 50.1 Å². The van der Waals surface area contributed by atoms with E-state index >= 15 is 0 Å².